The van der Waals surface area contributed by atoms with Gasteiger partial charge in [-0.3, -0.25) is 0 Å². The summed E-state index contributed by atoms with van der Waals surface area (Å²) in [5.41, 5.74) is 0.375. The van der Waals surface area contributed by atoms with E-state index in [1.807, 2.05) is 0 Å². The minimum absolute atomic E-state index is 0.175. The molecule has 0 amide bonds. The van der Waals surface area contributed by atoms with E-state index in [1.54, 1.807) is 6.92 Å². The number of rotatable bonds is 40. The van der Waals surface area contributed by atoms with Crippen molar-refractivity contribution in [3.63, 3.8) is 0 Å². The standard InChI is InChI=1S/C33H64O13/c1-32(2)33(35)46-31-30-45-29-28-44-27-26-43-25-24-42-23-9-22-41-21-8-20-40-19-7-18-39-17-6-16-38-15-5-14-37-13-4-12-36-11-3-10-34/h34H,1,3-31H2,2H3. The van der Waals surface area contributed by atoms with Crippen LogP contribution in [0.25, 0.3) is 0 Å². The number of carbonyl (C=O) groups is 1. The van der Waals surface area contributed by atoms with E-state index in [9.17, 15) is 4.79 Å². The van der Waals surface area contributed by atoms with Crippen LogP contribution in [0.1, 0.15) is 51.9 Å². The van der Waals surface area contributed by atoms with E-state index in [2.05, 4.69) is 6.58 Å². The van der Waals surface area contributed by atoms with Crippen LogP contribution < -0.4 is 0 Å². The normalized spacial score (nSPS) is 11.3. The van der Waals surface area contributed by atoms with Crippen LogP contribution in [0.15, 0.2) is 12.2 Å². The van der Waals surface area contributed by atoms with E-state index in [1.165, 1.54) is 0 Å². The maximum Gasteiger partial charge on any atom is 0.333 e. The molecule has 46 heavy (non-hydrogen) atoms. The van der Waals surface area contributed by atoms with Crippen LogP contribution >= 0.6 is 0 Å². The first-order chi connectivity index (χ1) is 22.7. The lowest BCUT2D eigenvalue weighted by atomic mass is 10.4. The van der Waals surface area contributed by atoms with Crippen molar-refractivity contribution in [2.24, 2.45) is 0 Å². The number of aliphatic hydroxyl groups excluding tert-OH is 1. The SMILES string of the molecule is C=C(C)C(=O)OCCOCCOCCOCCOCCCOCCCOCCCOCCCOCCCOCCCOCCCO. The zero-order chi connectivity index (χ0) is 33.4. The molecule has 0 spiro atoms. The summed E-state index contributed by atoms with van der Waals surface area (Å²) in [5, 5.41) is 8.66. The molecule has 0 unspecified atom stereocenters. The molecule has 0 radical (unpaired) electrons. The molecule has 0 saturated carbocycles. The molecule has 0 bridgehead atoms. The maximum atomic E-state index is 11.2. The topological polar surface area (TPSA) is 139 Å². The van der Waals surface area contributed by atoms with Gasteiger partial charge in [-0.15, -0.1) is 0 Å². The second-order valence-corrected chi connectivity index (χ2v) is 10.2. The van der Waals surface area contributed by atoms with Gasteiger partial charge in [0.1, 0.15) is 6.61 Å². The molecule has 0 aromatic heterocycles. The van der Waals surface area contributed by atoms with E-state index in [-0.39, 0.29) is 13.2 Å². The fourth-order valence-electron chi connectivity index (χ4n) is 3.44. The zero-order valence-corrected chi connectivity index (χ0v) is 28.6. The zero-order valence-electron chi connectivity index (χ0n) is 28.6. The monoisotopic (exact) mass is 668 g/mol. The minimum atomic E-state index is -0.407. The van der Waals surface area contributed by atoms with Gasteiger partial charge in [0.2, 0.25) is 0 Å². The maximum absolute atomic E-state index is 11.2. The average molecular weight is 669 g/mol. The van der Waals surface area contributed by atoms with Crippen molar-refractivity contribution in [1.29, 1.82) is 0 Å². The number of hydrogen-bond acceptors (Lipinski definition) is 13. The third-order valence-corrected chi connectivity index (χ3v) is 5.84. The van der Waals surface area contributed by atoms with Gasteiger partial charge in [0.05, 0.1) is 46.2 Å². The molecule has 1 N–H and O–H groups in total. The van der Waals surface area contributed by atoms with Crippen LogP contribution in [0.5, 0.6) is 0 Å². The van der Waals surface area contributed by atoms with E-state index >= 15 is 0 Å². The predicted molar refractivity (Wildman–Crippen MR) is 173 cm³/mol. The Hall–Kier alpha value is -1.23. The first-order valence-corrected chi connectivity index (χ1v) is 16.9. The molecule has 0 saturated heterocycles. The Morgan fingerprint density at radius 3 is 0.870 bits per heavy atom. The number of aliphatic hydroxyl groups is 1. The number of hydrogen-bond donors (Lipinski definition) is 1. The smallest absolute Gasteiger partial charge is 0.333 e. The van der Waals surface area contributed by atoms with Crippen LogP contribution in [0.2, 0.25) is 0 Å². The third kappa shape index (κ3) is 39.0. The molecule has 0 aliphatic rings. The fourth-order valence-corrected chi connectivity index (χ4v) is 3.44. The van der Waals surface area contributed by atoms with Crippen LogP contribution in [0.3, 0.4) is 0 Å². The van der Waals surface area contributed by atoms with Crippen molar-refractivity contribution in [2.75, 3.05) is 145 Å². The number of carbonyl (C=O) groups excluding carboxylic acids is 1. The second kappa shape index (κ2) is 39.9. The molecular weight excluding hydrogens is 604 g/mol. The van der Waals surface area contributed by atoms with Crippen molar-refractivity contribution >= 4 is 5.97 Å². The molecule has 13 nitrogen and oxygen atoms in total. The van der Waals surface area contributed by atoms with Crippen molar-refractivity contribution in [1.82, 2.24) is 0 Å². The lowest BCUT2D eigenvalue weighted by molar-refractivity contribution is -0.140. The molecule has 0 aromatic rings. The summed E-state index contributed by atoms with van der Waals surface area (Å²) in [6.45, 7) is 17.6. The Labute approximate surface area is 277 Å². The highest BCUT2D eigenvalue weighted by molar-refractivity contribution is 5.86. The second-order valence-electron chi connectivity index (χ2n) is 10.2. The molecule has 0 rings (SSSR count). The van der Waals surface area contributed by atoms with Gasteiger partial charge in [0.25, 0.3) is 0 Å². The highest BCUT2D eigenvalue weighted by Crippen LogP contribution is 1.95. The Morgan fingerprint density at radius 1 is 0.391 bits per heavy atom. The molecule has 274 valence electrons. The van der Waals surface area contributed by atoms with Gasteiger partial charge >= 0.3 is 5.97 Å². The lowest BCUT2D eigenvalue weighted by Gasteiger charge is -2.08. The van der Waals surface area contributed by atoms with E-state index in [0.717, 1.165) is 38.5 Å². The van der Waals surface area contributed by atoms with Crippen molar-refractivity contribution in [3.8, 4) is 0 Å². The van der Waals surface area contributed by atoms with Gasteiger partial charge < -0.3 is 57.2 Å². The van der Waals surface area contributed by atoms with Crippen LogP contribution in [-0.4, -0.2) is 156 Å². The first kappa shape index (κ1) is 44.8. The number of esters is 1. The highest BCUT2D eigenvalue weighted by atomic mass is 16.6. The molecule has 0 fully saturated rings. The lowest BCUT2D eigenvalue weighted by Crippen LogP contribution is -2.14. The first-order valence-electron chi connectivity index (χ1n) is 16.9. The largest absolute Gasteiger partial charge is 0.460 e. The predicted octanol–water partition coefficient (Wildman–Crippen LogP) is 2.99. The minimum Gasteiger partial charge on any atom is -0.460 e. The van der Waals surface area contributed by atoms with E-state index in [4.69, 9.17) is 57.2 Å². The fraction of sp³-hybridized carbons (Fsp3) is 0.909. The van der Waals surface area contributed by atoms with E-state index < -0.39 is 5.97 Å². The van der Waals surface area contributed by atoms with E-state index in [0.29, 0.717) is 144 Å². The average Bonchev–Trinajstić information content (AvgIpc) is 3.05. The highest BCUT2D eigenvalue weighted by Gasteiger charge is 2.02. The molecule has 0 atom stereocenters. The van der Waals surface area contributed by atoms with Crippen LogP contribution in [-0.2, 0) is 56.9 Å². The Kier molecular flexibility index (Phi) is 38.9. The third-order valence-electron chi connectivity index (χ3n) is 5.84. The molecular formula is C33H64O13. The van der Waals surface area contributed by atoms with Gasteiger partial charge in [-0.1, -0.05) is 6.58 Å². The summed E-state index contributed by atoms with van der Waals surface area (Å²) >= 11 is 0. The van der Waals surface area contributed by atoms with Gasteiger partial charge in [0.15, 0.2) is 0 Å². The summed E-state index contributed by atoms with van der Waals surface area (Å²) in [5.74, 6) is -0.407. The molecule has 13 heteroatoms. The van der Waals surface area contributed by atoms with Crippen molar-refractivity contribution in [3.05, 3.63) is 12.2 Å². The van der Waals surface area contributed by atoms with Gasteiger partial charge in [-0.25, -0.2) is 4.79 Å². The molecule has 0 aliphatic heterocycles. The Balaban J connectivity index is 3.06. The quantitative estimate of drug-likeness (QED) is 0.0582. The number of ether oxygens (including phenoxy) is 11. The van der Waals surface area contributed by atoms with Gasteiger partial charge in [-0.05, 0) is 51.9 Å². The summed E-state index contributed by atoms with van der Waals surface area (Å²) in [6, 6.07) is 0. The molecule has 0 aromatic carbocycles. The summed E-state index contributed by atoms with van der Waals surface area (Å²) in [7, 11) is 0. The summed E-state index contributed by atoms with van der Waals surface area (Å²) in [4.78, 5) is 11.2. The Morgan fingerprint density at radius 2 is 0.609 bits per heavy atom. The molecule has 0 aliphatic carbocycles. The summed E-state index contributed by atoms with van der Waals surface area (Å²) in [6.07, 6.45) is 5.93. The van der Waals surface area contributed by atoms with Gasteiger partial charge in [-0.2, -0.15) is 0 Å². The van der Waals surface area contributed by atoms with Gasteiger partial charge in [0, 0.05) is 98.1 Å². The van der Waals surface area contributed by atoms with Crippen LogP contribution in [0.4, 0.5) is 0 Å². The van der Waals surface area contributed by atoms with Crippen molar-refractivity contribution < 1.29 is 62.0 Å². The molecule has 0 heterocycles. The van der Waals surface area contributed by atoms with Crippen LogP contribution in [0, 0.1) is 0 Å². The Bertz CT molecular complexity index is 624. The van der Waals surface area contributed by atoms with Crippen molar-refractivity contribution in [2.45, 2.75) is 51.9 Å². The summed E-state index contributed by atoms with van der Waals surface area (Å²) < 4.78 is 60.0.